The molecule has 0 spiro atoms. The number of ether oxygens (including phenoxy) is 2. The molecule has 0 bridgehead atoms. The lowest BCUT2D eigenvalue weighted by Gasteiger charge is -2.17. The molecule has 0 amide bonds. The van der Waals surface area contributed by atoms with Gasteiger partial charge in [-0.1, -0.05) is 26.7 Å². The van der Waals surface area contributed by atoms with Gasteiger partial charge in [0.05, 0.1) is 25.9 Å². The summed E-state index contributed by atoms with van der Waals surface area (Å²) >= 11 is 0. The summed E-state index contributed by atoms with van der Waals surface area (Å²) in [6.07, 6.45) is 4.58. The zero-order valence-corrected chi connectivity index (χ0v) is 10.7. The van der Waals surface area contributed by atoms with Gasteiger partial charge < -0.3 is 14.6 Å². The molecule has 1 fully saturated rings. The Balaban J connectivity index is 1.90. The quantitative estimate of drug-likeness (QED) is 0.650. The topological polar surface area (TPSA) is 38.7 Å². The highest BCUT2D eigenvalue weighted by atomic mass is 16.5. The number of hydrogen-bond acceptors (Lipinski definition) is 3. The molecule has 3 heteroatoms. The monoisotopic (exact) mass is 230 g/mol. The number of hydrogen-bond donors (Lipinski definition) is 1. The van der Waals surface area contributed by atoms with E-state index in [0.29, 0.717) is 31.7 Å². The normalized spacial score (nSPS) is 19.5. The average molecular weight is 230 g/mol. The van der Waals surface area contributed by atoms with Crippen molar-refractivity contribution in [3.05, 3.63) is 0 Å². The lowest BCUT2D eigenvalue weighted by atomic mass is 10.0. The first-order chi connectivity index (χ1) is 7.70. The largest absolute Gasteiger partial charge is 0.390 e. The van der Waals surface area contributed by atoms with E-state index in [-0.39, 0.29) is 6.10 Å². The molecule has 0 saturated heterocycles. The summed E-state index contributed by atoms with van der Waals surface area (Å²) in [7, 11) is 0. The van der Waals surface area contributed by atoms with Gasteiger partial charge in [-0.25, -0.2) is 0 Å². The molecule has 1 N–H and O–H groups in total. The molecule has 1 rings (SSSR count). The lowest BCUT2D eigenvalue weighted by Crippen LogP contribution is -2.24. The molecular weight excluding hydrogens is 204 g/mol. The van der Waals surface area contributed by atoms with Crippen molar-refractivity contribution < 1.29 is 14.6 Å². The maximum atomic E-state index is 9.83. The van der Waals surface area contributed by atoms with E-state index in [1.165, 1.54) is 12.8 Å². The van der Waals surface area contributed by atoms with Gasteiger partial charge in [0.2, 0.25) is 0 Å². The maximum Gasteiger partial charge on any atom is 0.0801 e. The van der Waals surface area contributed by atoms with Crippen molar-refractivity contribution in [1.29, 1.82) is 0 Å². The lowest BCUT2D eigenvalue weighted by molar-refractivity contribution is -0.0186. The molecule has 0 heterocycles. The van der Waals surface area contributed by atoms with Crippen molar-refractivity contribution in [2.75, 3.05) is 26.4 Å². The van der Waals surface area contributed by atoms with Crippen molar-refractivity contribution in [1.82, 2.24) is 0 Å². The Bertz CT molecular complexity index is 165. The maximum absolute atomic E-state index is 9.83. The summed E-state index contributed by atoms with van der Waals surface area (Å²) in [6.45, 7) is 6.74. The number of aliphatic hydroxyl groups is 1. The Labute approximate surface area is 99.1 Å². The molecule has 1 saturated carbocycles. The summed E-state index contributed by atoms with van der Waals surface area (Å²) < 4.78 is 10.8. The molecule has 0 aromatic carbocycles. The molecule has 1 atom stereocenters. The van der Waals surface area contributed by atoms with Crippen LogP contribution in [0.1, 0.15) is 39.5 Å². The molecule has 1 unspecified atom stereocenters. The second-order valence-corrected chi connectivity index (χ2v) is 5.16. The first-order valence-corrected chi connectivity index (χ1v) is 6.53. The van der Waals surface area contributed by atoms with Gasteiger partial charge in [0.25, 0.3) is 0 Å². The van der Waals surface area contributed by atoms with Crippen LogP contribution in [0, 0.1) is 11.8 Å². The van der Waals surface area contributed by atoms with Crippen LogP contribution in [0.5, 0.6) is 0 Å². The summed E-state index contributed by atoms with van der Waals surface area (Å²) in [5, 5.41) is 9.83. The highest BCUT2D eigenvalue weighted by Gasteiger charge is 2.22. The summed E-state index contributed by atoms with van der Waals surface area (Å²) in [5.74, 6) is 1.04. The smallest absolute Gasteiger partial charge is 0.0801 e. The van der Waals surface area contributed by atoms with E-state index >= 15 is 0 Å². The zero-order chi connectivity index (χ0) is 11.8. The first-order valence-electron chi connectivity index (χ1n) is 6.53. The second kappa shape index (κ2) is 8.04. The molecule has 3 nitrogen and oxygen atoms in total. The Hall–Kier alpha value is -0.120. The van der Waals surface area contributed by atoms with Crippen LogP contribution in [0.15, 0.2) is 0 Å². The second-order valence-electron chi connectivity index (χ2n) is 5.16. The fraction of sp³-hybridized carbons (Fsp3) is 1.00. The van der Waals surface area contributed by atoms with Crippen LogP contribution < -0.4 is 0 Å². The molecule has 0 aliphatic heterocycles. The Morgan fingerprint density at radius 2 is 1.62 bits per heavy atom. The van der Waals surface area contributed by atoms with Crippen molar-refractivity contribution in [3.63, 3.8) is 0 Å². The third kappa shape index (κ3) is 5.83. The summed E-state index contributed by atoms with van der Waals surface area (Å²) in [4.78, 5) is 0. The van der Waals surface area contributed by atoms with E-state index in [2.05, 4.69) is 13.8 Å². The first kappa shape index (κ1) is 13.9. The van der Waals surface area contributed by atoms with Crippen molar-refractivity contribution in [3.8, 4) is 0 Å². The molecule has 1 aliphatic carbocycles. The van der Waals surface area contributed by atoms with Gasteiger partial charge in [0.1, 0.15) is 0 Å². The molecule has 0 radical (unpaired) electrons. The minimum absolute atomic E-state index is 0.271. The van der Waals surface area contributed by atoms with Crippen LogP contribution in [-0.2, 0) is 9.47 Å². The van der Waals surface area contributed by atoms with E-state index in [4.69, 9.17) is 9.47 Å². The van der Waals surface area contributed by atoms with Gasteiger partial charge in [-0.3, -0.25) is 0 Å². The van der Waals surface area contributed by atoms with Gasteiger partial charge in [-0.05, 0) is 24.7 Å². The van der Waals surface area contributed by atoms with Crippen molar-refractivity contribution in [2.45, 2.75) is 45.6 Å². The fourth-order valence-corrected chi connectivity index (χ4v) is 2.12. The van der Waals surface area contributed by atoms with Crippen molar-refractivity contribution >= 4 is 0 Å². The highest BCUT2D eigenvalue weighted by Crippen LogP contribution is 2.27. The third-order valence-electron chi connectivity index (χ3n) is 3.06. The van der Waals surface area contributed by atoms with Gasteiger partial charge in [-0.15, -0.1) is 0 Å². The SMILES string of the molecule is CC(C)COCCOCC(O)C1CCCC1. The average Bonchev–Trinajstić information content (AvgIpc) is 2.75. The van der Waals surface area contributed by atoms with Gasteiger partial charge in [0.15, 0.2) is 0 Å². The van der Waals surface area contributed by atoms with Crippen LogP contribution in [0.4, 0.5) is 0 Å². The minimum atomic E-state index is -0.271. The standard InChI is InChI=1S/C13H26O3/c1-11(2)9-15-7-8-16-10-13(14)12-5-3-4-6-12/h11-14H,3-10H2,1-2H3. The third-order valence-corrected chi connectivity index (χ3v) is 3.06. The minimum Gasteiger partial charge on any atom is -0.390 e. The van der Waals surface area contributed by atoms with Gasteiger partial charge >= 0.3 is 0 Å². The Morgan fingerprint density at radius 1 is 1.06 bits per heavy atom. The predicted octanol–water partition coefficient (Wildman–Crippen LogP) is 2.23. The molecular formula is C13H26O3. The zero-order valence-electron chi connectivity index (χ0n) is 10.7. The van der Waals surface area contributed by atoms with Crippen LogP contribution >= 0.6 is 0 Å². The van der Waals surface area contributed by atoms with Crippen molar-refractivity contribution in [2.24, 2.45) is 11.8 Å². The highest BCUT2D eigenvalue weighted by molar-refractivity contribution is 4.74. The summed E-state index contributed by atoms with van der Waals surface area (Å²) in [5.41, 5.74) is 0. The summed E-state index contributed by atoms with van der Waals surface area (Å²) in [6, 6.07) is 0. The molecule has 1 aliphatic rings. The van der Waals surface area contributed by atoms with E-state index in [9.17, 15) is 5.11 Å². The van der Waals surface area contributed by atoms with E-state index in [1.807, 2.05) is 0 Å². The predicted molar refractivity (Wildman–Crippen MR) is 64.4 cm³/mol. The Kier molecular flexibility index (Phi) is 7.01. The van der Waals surface area contributed by atoms with Crippen LogP contribution in [0.25, 0.3) is 0 Å². The number of aliphatic hydroxyl groups excluding tert-OH is 1. The van der Waals surface area contributed by atoms with Gasteiger partial charge in [0, 0.05) is 6.61 Å². The number of rotatable bonds is 8. The van der Waals surface area contributed by atoms with E-state index < -0.39 is 0 Å². The Morgan fingerprint density at radius 3 is 2.19 bits per heavy atom. The molecule has 0 aromatic rings. The van der Waals surface area contributed by atoms with E-state index in [1.54, 1.807) is 0 Å². The van der Waals surface area contributed by atoms with E-state index in [0.717, 1.165) is 19.4 Å². The molecule has 16 heavy (non-hydrogen) atoms. The molecule has 0 aromatic heterocycles. The molecule has 96 valence electrons. The van der Waals surface area contributed by atoms with Crippen LogP contribution in [0.3, 0.4) is 0 Å². The van der Waals surface area contributed by atoms with Gasteiger partial charge in [-0.2, -0.15) is 0 Å². The van der Waals surface area contributed by atoms with Crippen LogP contribution in [-0.4, -0.2) is 37.6 Å². The fourth-order valence-electron chi connectivity index (χ4n) is 2.12. The van der Waals surface area contributed by atoms with Crippen LogP contribution in [0.2, 0.25) is 0 Å².